The standard InChI is InChI=1S/C16H16N4O4S/c1-11-10-14(19-16(17-11)23-2)20-25(21,22)13-7-5-12(6-8-13)18-15-4-3-9-24-15/h3-10,18H,1-2H3,(H,17,19,20). The highest BCUT2D eigenvalue weighted by Gasteiger charge is 2.16. The molecule has 0 fully saturated rings. The van der Waals surface area contributed by atoms with Crippen LogP contribution in [0.25, 0.3) is 0 Å². The van der Waals surface area contributed by atoms with Crippen LogP contribution in [0.15, 0.2) is 58.0 Å². The van der Waals surface area contributed by atoms with Crippen molar-refractivity contribution in [1.29, 1.82) is 0 Å². The zero-order valence-corrected chi connectivity index (χ0v) is 14.4. The van der Waals surface area contributed by atoms with Crippen LogP contribution < -0.4 is 14.8 Å². The lowest BCUT2D eigenvalue weighted by molar-refractivity contribution is 0.379. The van der Waals surface area contributed by atoms with E-state index in [4.69, 9.17) is 9.15 Å². The predicted octanol–water partition coefficient (Wildman–Crippen LogP) is 2.93. The Hall–Kier alpha value is -3.07. The van der Waals surface area contributed by atoms with E-state index in [0.29, 0.717) is 17.3 Å². The van der Waals surface area contributed by atoms with Crippen molar-refractivity contribution in [3.63, 3.8) is 0 Å². The normalized spacial score (nSPS) is 11.1. The van der Waals surface area contributed by atoms with Gasteiger partial charge in [0.05, 0.1) is 18.3 Å². The summed E-state index contributed by atoms with van der Waals surface area (Å²) in [5.74, 6) is 0.708. The number of hydrogen-bond donors (Lipinski definition) is 2. The second-order valence-corrected chi connectivity index (χ2v) is 6.80. The lowest BCUT2D eigenvalue weighted by atomic mass is 10.3. The Morgan fingerprint density at radius 1 is 1.12 bits per heavy atom. The van der Waals surface area contributed by atoms with E-state index >= 15 is 0 Å². The second kappa shape index (κ2) is 6.81. The highest BCUT2D eigenvalue weighted by Crippen LogP contribution is 2.21. The molecule has 0 aliphatic heterocycles. The summed E-state index contributed by atoms with van der Waals surface area (Å²) < 4.78 is 37.5. The molecule has 8 nitrogen and oxygen atoms in total. The first-order valence-corrected chi connectivity index (χ1v) is 8.78. The Morgan fingerprint density at radius 2 is 1.88 bits per heavy atom. The molecule has 9 heteroatoms. The zero-order valence-electron chi connectivity index (χ0n) is 13.6. The molecule has 1 aromatic carbocycles. The number of ether oxygens (including phenoxy) is 1. The van der Waals surface area contributed by atoms with E-state index in [-0.39, 0.29) is 16.7 Å². The van der Waals surface area contributed by atoms with E-state index < -0.39 is 10.0 Å². The van der Waals surface area contributed by atoms with Gasteiger partial charge < -0.3 is 14.5 Å². The van der Waals surface area contributed by atoms with E-state index in [9.17, 15) is 8.42 Å². The van der Waals surface area contributed by atoms with Gasteiger partial charge in [-0.15, -0.1) is 0 Å². The van der Waals surface area contributed by atoms with Crippen LogP contribution >= 0.6 is 0 Å². The molecular weight excluding hydrogens is 344 g/mol. The maximum absolute atomic E-state index is 12.5. The first kappa shape index (κ1) is 16.8. The maximum Gasteiger partial charge on any atom is 0.318 e. The van der Waals surface area contributed by atoms with Crippen LogP contribution in [-0.2, 0) is 10.0 Å². The van der Waals surface area contributed by atoms with Gasteiger partial charge in [-0.1, -0.05) is 0 Å². The van der Waals surface area contributed by atoms with E-state index in [1.165, 1.54) is 25.3 Å². The van der Waals surface area contributed by atoms with Gasteiger partial charge in [-0.2, -0.15) is 4.98 Å². The molecule has 0 spiro atoms. The molecule has 2 N–H and O–H groups in total. The van der Waals surface area contributed by atoms with Crippen molar-refractivity contribution in [1.82, 2.24) is 9.97 Å². The number of anilines is 3. The molecule has 0 atom stereocenters. The average molecular weight is 360 g/mol. The van der Waals surface area contributed by atoms with Crippen molar-refractivity contribution < 1.29 is 17.6 Å². The Bertz CT molecular complexity index is 954. The SMILES string of the molecule is COc1nc(C)cc(NS(=O)(=O)c2ccc(Nc3ccco3)cc2)n1. The van der Waals surface area contributed by atoms with Crippen molar-refractivity contribution in [3.05, 3.63) is 54.4 Å². The van der Waals surface area contributed by atoms with E-state index in [1.54, 1.807) is 37.5 Å². The molecule has 0 aliphatic rings. The van der Waals surface area contributed by atoms with Gasteiger partial charge in [-0.05, 0) is 37.3 Å². The number of aromatic nitrogens is 2. The molecule has 2 heterocycles. The van der Waals surface area contributed by atoms with Gasteiger partial charge in [-0.3, -0.25) is 4.72 Å². The lowest BCUT2D eigenvalue weighted by Crippen LogP contribution is -2.14. The van der Waals surface area contributed by atoms with Crippen molar-refractivity contribution in [2.45, 2.75) is 11.8 Å². The van der Waals surface area contributed by atoms with Gasteiger partial charge in [-0.25, -0.2) is 13.4 Å². The monoisotopic (exact) mass is 360 g/mol. The van der Waals surface area contributed by atoms with E-state index in [0.717, 1.165) is 0 Å². The number of hydrogen-bond acceptors (Lipinski definition) is 7. The molecule has 0 amide bonds. The van der Waals surface area contributed by atoms with Crippen LogP contribution in [0.1, 0.15) is 5.69 Å². The molecular formula is C16H16N4O4S. The first-order chi connectivity index (χ1) is 12.0. The van der Waals surface area contributed by atoms with Gasteiger partial charge in [0, 0.05) is 23.5 Å². The molecule has 2 aromatic heterocycles. The second-order valence-electron chi connectivity index (χ2n) is 5.11. The Balaban J connectivity index is 1.79. The van der Waals surface area contributed by atoms with Crippen LogP contribution in [0.3, 0.4) is 0 Å². The van der Waals surface area contributed by atoms with Gasteiger partial charge >= 0.3 is 6.01 Å². The molecule has 3 rings (SSSR count). The predicted molar refractivity (Wildman–Crippen MR) is 92.6 cm³/mol. The molecule has 25 heavy (non-hydrogen) atoms. The third kappa shape index (κ3) is 4.07. The van der Waals surface area contributed by atoms with Gasteiger partial charge in [0.25, 0.3) is 10.0 Å². The summed E-state index contributed by atoms with van der Waals surface area (Å²) >= 11 is 0. The molecule has 0 saturated heterocycles. The van der Waals surface area contributed by atoms with Crippen LogP contribution in [0, 0.1) is 6.92 Å². The minimum Gasteiger partial charge on any atom is -0.467 e. The smallest absolute Gasteiger partial charge is 0.318 e. The Kier molecular flexibility index (Phi) is 4.57. The Morgan fingerprint density at radius 3 is 2.52 bits per heavy atom. The zero-order chi connectivity index (χ0) is 17.9. The number of methoxy groups -OCH3 is 1. The topological polar surface area (TPSA) is 106 Å². The van der Waals surface area contributed by atoms with Crippen molar-refractivity contribution in [3.8, 4) is 6.01 Å². The summed E-state index contributed by atoms with van der Waals surface area (Å²) in [4.78, 5) is 8.10. The Labute approximate surface area is 144 Å². The molecule has 0 aliphatic carbocycles. The highest BCUT2D eigenvalue weighted by molar-refractivity contribution is 7.92. The van der Waals surface area contributed by atoms with Gasteiger partial charge in [0.15, 0.2) is 5.88 Å². The molecule has 0 unspecified atom stereocenters. The van der Waals surface area contributed by atoms with Crippen LogP contribution in [0.5, 0.6) is 6.01 Å². The lowest BCUT2D eigenvalue weighted by Gasteiger charge is -2.10. The third-order valence-electron chi connectivity index (χ3n) is 3.21. The molecule has 0 radical (unpaired) electrons. The number of nitrogens with one attached hydrogen (secondary N) is 2. The summed E-state index contributed by atoms with van der Waals surface area (Å²) in [6.07, 6.45) is 1.54. The van der Waals surface area contributed by atoms with E-state index in [2.05, 4.69) is 20.0 Å². The fraction of sp³-hybridized carbons (Fsp3) is 0.125. The van der Waals surface area contributed by atoms with Crippen LogP contribution in [-0.4, -0.2) is 25.5 Å². The quantitative estimate of drug-likeness (QED) is 0.696. The summed E-state index contributed by atoms with van der Waals surface area (Å²) in [5.41, 5.74) is 1.29. The van der Waals surface area contributed by atoms with Crippen molar-refractivity contribution in [2.75, 3.05) is 17.1 Å². The summed E-state index contributed by atoms with van der Waals surface area (Å²) in [7, 11) is -2.37. The first-order valence-electron chi connectivity index (χ1n) is 7.29. The van der Waals surface area contributed by atoms with Crippen LogP contribution in [0.2, 0.25) is 0 Å². The average Bonchev–Trinajstić information content (AvgIpc) is 3.07. The highest BCUT2D eigenvalue weighted by atomic mass is 32.2. The minimum absolute atomic E-state index is 0.0932. The van der Waals surface area contributed by atoms with Gasteiger partial charge in [0.2, 0.25) is 0 Å². The fourth-order valence-electron chi connectivity index (χ4n) is 2.09. The maximum atomic E-state index is 12.5. The van der Waals surface area contributed by atoms with E-state index in [1.807, 2.05) is 0 Å². The minimum atomic E-state index is -3.78. The van der Waals surface area contributed by atoms with Gasteiger partial charge in [0.1, 0.15) is 5.82 Å². The summed E-state index contributed by atoms with van der Waals surface area (Å²) in [6, 6.07) is 11.4. The number of benzene rings is 1. The molecule has 130 valence electrons. The fourth-order valence-corrected chi connectivity index (χ4v) is 3.08. The number of sulfonamides is 1. The number of nitrogens with zero attached hydrogens (tertiary/aromatic N) is 2. The number of rotatable bonds is 6. The molecule has 3 aromatic rings. The number of aryl methyl sites for hydroxylation is 1. The summed E-state index contributed by atoms with van der Waals surface area (Å²) in [6.45, 7) is 1.72. The number of furan rings is 1. The molecule has 0 bridgehead atoms. The van der Waals surface area contributed by atoms with Crippen LogP contribution in [0.4, 0.5) is 17.4 Å². The van der Waals surface area contributed by atoms with Crippen molar-refractivity contribution >= 4 is 27.4 Å². The summed E-state index contributed by atoms with van der Waals surface area (Å²) in [5, 5.41) is 3.02. The third-order valence-corrected chi connectivity index (χ3v) is 4.58. The molecule has 0 saturated carbocycles. The van der Waals surface area contributed by atoms with Crippen molar-refractivity contribution in [2.24, 2.45) is 0 Å². The largest absolute Gasteiger partial charge is 0.467 e.